The van der Waals surface area contributed by atoms with Crippen molar-refractivity contribution in [3.63, 3.8) is 0 Å². The molecule has 51 heavy (non-hydrogen) atoms. The summed E-state index contributed by atoms with van der Waals surface area (Å²) >= 11 is 12.7. The average molecular weight is 723 g/mol. The van der Waals surface area contributed by atoms with E-state index in [2.05, 4.69) is 5.43 Å². The van der Waals surface area contributed by atoms with Gasteiger partial charge in [-0.3, -0.25) is 29.5 Å². The van der Waals surface area contributed by atoms with Crippen LogP contribution in [0.15, 0.2) is 103 Å². The fourth-order valence-corrected chi connectivity index (χ4v) is 9.36. The molecule has 8 rings (SSSR count). The second-order valence-electron chi connectivity index (χ2n) is 13.6. The van der Waals surface area contributed by atoms with Crippen LogP contribution in [-0.2, 0) is 24.6 Å². The molecule has 0 unspecified atom stereocenters. The van der Waals surface area contributed by atoms with Crippen molar-refractivity contribution in [1.29, 1.82) is 0 Å². The highest BCUT2D eigenvalue weighted by molar-refractivity contribution is 6.36. The Bertz CT molecular complexity index is 2160. The van der Waals surface area contributed by atoms with E-state index in [1.54, 1.807) is 74.7 Å². The Morgan fingerprint density at radius 2 is 1.61 bits per heavy atom. The number of hydrogen-bond acceptors (Lipinski definition) is 7. The van der Waals surface area contributed by atoms with E-state index in [1.165, 1.54) is 11.0 Å². The number of rotatable bonds is 6. The van der Waals surface area contributed by atoms with E-state index in [0.29, 0.717) is 45.3 Å². The number of imide groups is 2. The van der Waals surface area contributed by atoms with E-state index in [9.17, 15) is 19.5 Å². The van der Waals surface area contributed by atoms with E-state index in [4.69, 9.17) is 27.9 Å². The van der Waals surface area contributed by atoms with Gasteiger partial charge in [0.15, 0.2) is 0 Å². The van der Waals surface area contributed by atoms with E-state index in [1.807, 2.05) is 30.3 Å². The van der Waals surface area contributed by atoms with E-state index in [-0.39, 0.29) is 29.0 Å². The molecular weight excluding hydrogens is 689 g/mol. The van der Waals surface area contributed by atoms with Crippen LogP contribution in [0.1, 0.15) is 35.4 Å². The standard InChI is InChI=1S/C40H33Cl2N3O6/c1-21-18-22(8-17-33(21)46)35-27-14-15-28-34(38(49)44(36(28)47)25-6-4-3-5-7-25)29(27)20-30-37(48)45(43-32-16-11-24(41)19-31(32)42)39(50)40(30,35)23-9-12-26(51-2)13-10-23/h3-14,16-19,28-30,34-35,43,46H,15,20H2,1-2H3/t28-,29+,30-,34-,35-,40+/m0/s1. The third-order valence-electron chi connectivity index (χ3n) is 11.1. The third-order valence-corrected chi connectivity index (χ3v) is 11.7. The number of anilines is 2. The minimum absolute atomic E-state index is 0.0865. The molecule has 4 aromatic rings. The van der Waals surface area contributed by atoms with Crippen molar-refractivity contribution in [1.82, 2.24) is 5.01 Å². The number of carbonyl (C=O) groups is 4. The number of hydrazine groups is 1. The number of amides is 4. The van der Waals surface area contributed by atoms with Gasteiger partial charge in [-0.05, 0) is 90.9 Å². The second-order valence-corrected chi connectivity index (χ2v) is 14.4. The maximum absolute atomic E-state index is 15.3. The average Bonchev–Trinajstić information content (AvgIpc) is 3.51. The third kappa shape index (κ3) is 4.89. The van der Waals surface area contributed by atoms with Gasteiger partial charge in [-0.25, -0.2) is 0 Å². The molecule has 0 spiro atoms. The lowest BCUT2D eigenvalue weighted by Crippen LogP contribution is -2.53. The van der Waals surface area contributed by atoms with Gasteiger partial charge in [0.05, 0.1) is 46.7 Å². The quantitative estimate of drug-likeness (QED) is 0.160. The van der Waals surface area contributed by atoms with Crippen LogP contribution in [0.25, 0.3) is 0 Å². The largest absolute Gasteiger partial charge is 0.508 e. The molecule has 2 N–H and O–H groups in total. The summed E-state index contributed by atoms with van der Waals surface area (Å²) < 4.78 is 5.47. The van der Waals surface area contributed by atoms with Gasteiger partial charge in [-0.15, -0.1) is 0 Å². The molecule has 1 saturated carbocycles. The maximum atomic E-state index is 15.3. The SMILES string of the molecule is COc1ccc([C@@]23C(=O)N(Nc4ccc(Cl)cc4Cl)C(=O)[C@@H]2C[C@@H]2C(=CC[C@@H]4C(=O)N(c5ccccc5)C(=O)[C@@H]42)[C@@H]3c2ccc(O)c(C)c2)cc1. The molecule has 4 aliphatic rings. The second kappa shape index (κ2) is 12.3. The van der Waals surface area contributed by atoms with Crippen molar-refractivity contribution in [3.8, 4) is 11.5 Å². The van der Waals surface area contributed by atoms with E-state index < -0.39 is 46.8 Å². The first-order valence-electron chi connectivity index (χ1n) is 16.7. The van der Waals surface area contributed by atoms with Crippen molar-refractivity contribution in [3.05, 3.63) is 129 Å². The number of benzene rings is 4. The lowest BCUT2D eigenvalue weighted by Gasteiger charge is -2.50. The predicted octanol–water partition coefficient (Wildman–Crippen LogP) is 7.21. The number of hydrogen-bond donors (Lipinski definition) is 2. The molecule has 6 atom stereocenters. The van der Waals surface area contributed by atoms with Gasteiger partial charge < -0.3 is 9.84 Å². The van der Waals surface area contributed by atoms with Crippen LogP contribution >= 0.6 is 23.2 Å². The molecule has 0 bridgehead atoms. The van der Waals surface area contributed by atoms with Crippen LogP contribution in [0.2, 0.25) is 10.0 Å². The Morgan fingerprint density at radius 1 is 0.863 bits per heavy atom. The number of nitrogens with zero attached hydrogens (tertiary/aromatic N) is 2. The highest BCUT2D eigenvalue weighted by Crippen LogP contribution is 2.64. The highest BCUT2D eigenvalue weighted by Gasteiger charge is 2.70. The fraction of sp³-hybridized carbons (Fsp3) is 0.250. The van der Waals surface area contributed by atoms with Crippen LogP contribution in [0.5, 0.6) is 11.5 Å². The topological polar surface area (TPSA) is 116 Å². The number of aromatic hydroxyl groups is 1. The number of phenolic OH excluding ortho intramolecular Hbond substituents is 1. The lowest BCUT2D eigenvalue weighted by molar-refractivity contribution is -0.138. The summed E-state index contributed by atoms with van der Waals surface area (Å²) in [7, 11) is 1.55. The Kier molecular flexibility index (Phi) is 7.96. The zero-order valence-corrected chi connectivity index (χ0v) is 29.2. The number of ether oxygens (including phenoxy) is 1. The fourth-order valence-electron chi connectivity index (χ4n) is 8.91. The molecule has 258 valence electrons. The van der Waals surface area contributed by atoms with Crippen LogP contribution in [-0.4, -0.2) is 40.9 Å². The zero-order chi connectivity index (χ0) is 35.8. The Morgan fingerprint density at radius 3 is 2.29 bits per heavy atom. The molecule has 9 nitrogen and oxygen atoms in total. The normalized spacial score (nSPS) is 26.8. The first kappa shape index (κ1) is 33.0. The number of aryl methyl sites for hydroxylation is 1. The van der Waals surface area contributed by atoms with Gasteiger partial charge in [-0.2, -0.15) is 5.01 Å². The minimum atomic E-state index is -1.49. The summed E-state index contributed by atoms with van der Waals surface area (Å²) in [5, 5.41) is 12.2. The van der Waals surface area contributed by atoms with Crippen LogP contribution < -0.4 is 15.1 Å². The van der Waals surface area contributed by atoms with Gasteiger partial charge in [0.25, 0.3) is 11.8 Å². The number of allylic oxidation sites excluding steroid dienone is 2. The van der Waals surface area contributed by atoms with Crippen molar-refractivity contribution >= 4 is 58.2 Å². The van der Waals surface area contributed by atoms with Crippen molar-refractivity contribution in [2.75, 3.05) is 17.4 Å². The van der Waals surface area contributed by atoms with Gasteiger partial charge in [0.1, 0.15) is 11.5 Å². The van der Waals surface area contributed by atoms with Gasteiger partial charge in [-0.1, -0.05) is 77.3 Å². The van der Waals surface area contributed by atoms with Crippen molar-refractivity contribution < 1.29 is 29.0 Å². The number of methoxy groups -OCH3 is 1. The van der Waals surface area contributed by atoms with Crippen molar-refractivity contribution in [2.24, 2.45) is 23.7 Å². The molecular formula is C40H33Cl2N3O6. The monoisotopic (exact) mass is 721 g/mol. The molecule has 11 heteroatoms. The molecule has 2 aliphatic carbocycles. The Hall–Kier alpha value is -5.12. The summed E-state index contributed by atoms with van der Waals surface area (Å²) in [6.45, 7) is 1.77. The first-order valence-corrected chi connectivity index (χ1v) is 17.5. The number of nitrogens with one attached hydrogen (secondary N) is 1. The highest BCUT2D eigenvalue weighted by atomic mass is 35.5. The van der Waals surface area contributed by atoms with Crippen LogP contribution in [0, 0.1) is 30.6 Å². The summed E-state index contributed by atoms with van der Waals surface area (Å²) in [4.78, 5) is 59.8. The minimum Gasteiger partial charge on any atom is -0.508 e. The number of fused-ring (bicyclic) bond motifs is 4. The molecule has 2 heterocycles. The van der Waals surface area contributed by atoms with Gasteiger partial charge in [0.2, 0.25) is 11.8 Å². The van der Waals surface area contributed by atoms with Crippen molar-refractivity contribution in [2.45, 2.75) is 31.1 Å². The Labute approximate surface area is 304 Å². The molecule has 2 saturated heterocycles. The number of carbonyl (C=O) groups excluding carboxylic acids is 4. The number of para-hydroxylation sites is 1. The smallest absolute Gasteiger partial charge is 0.260 e. The summed E-state index contributed by atoms with van der Waals surface area (Å²) in [5.74, 6) is -4.48. The zero-order valence-electron chi connectivity index (χ0n) is 27.7. The van der Waals surface area contributed by atoms with Crippen LogP contribution in [0.3, 0.4) is 0 Å². The van der Waals surface area contributed by atoms with E-state index >= 15 is 4.79 Å². The number of phenols is 1. The summed E-state index contributed by atoms with van der Waals surface area (Å²) in [6.07, 6.45) is 2.45. The molecule has 2 aliphatic heterocycles. The first-order chi connectivity index (χ1) is 24.6. The maximum Gasteiger partial charge on any atom is 0.260 e. The molecule has 3 fully saturated rings. The van der Waals surface area contributed by atoms with Crippen LogP contribution in [0.4, 0.5) is 11.4 Å². The molecule has 4 aromatic carbocycles. The molecule has 0 radical (unpaired) electrons. The van der Waals surface area contributed by atoms with Gasteiger partial charge in [0, 0.05) is 10.9 Å². The summed E-state index contributed by atoms with van der Waals surface area (Å²) in [6, 6.07) is 25.9. The molecule has 4 amide bonds. The summed E-state index contributed by atoms with van der Waals surface area (Å²) in [5.41, 5.74) is 5.03. The predicted molar refractivity (Wildman–Crippen MR) is 192 cm³/mol. The van der Waals surface area contributed by atoms with E-state index in [0.717, 1.165) is 10.6 Å². The Balaban J connectivity index is 1.34. The van der Waals surface area contributed by atoms with Gasteiger partial charge >= 0.3 is 0 Å². The number of halogens is 2. The lowest BCUT2D eigenvalue weighted by atomic mass is 9.49. The molecule has 0 aromatic heterocycles.